The normalized spacial score (nSPS) is 19.2. The summed E-state index contributed by atoms with van der Waals surface area (Å²) in [5, 5.41) is 6.48. The van der Waals surface area contributed by atoms with Gasteiger partial charge in [0.1, 0.15) is 5.82 Å². The van der Waals surface area contributed by atoms with Crippen molar-refractivity contribution in [3.63, 3.8) is 0 Å². The third-order valence-corrected chi connectivity index (χ3v) is 5.06. The van der Waals surface area contributed by atoms with Gasteiger partial charge in [-0.2, -0.15) is 11.8 Å². The highest BCUT2D eigenvalue weighted by atomic mass is 35.5. The molecule has 2 atom stereocenters. The van der Waals surface area contributed by atoms with Crippen molar-refractivity contribution in [2.45, 2.75) is 25.4 Å². The van der Waals surface area contributed by atoms with Crippen LogP contribution in [-0.4, -0.2) is 30.0 Å². The largest absolute Gasteiger partial charge is 0.349 e. The van der Waals surface area contributed by atoms with E-state index in [0.717, 1.165) is 18.1 Å². The highest BCUT2D eigenvalue weighted by Gasteiger charge is 2.19. The van der Waals surface area contributed by atoms with E-state index in [1.807, 2.05) is 11.8 Å². The van der Waals surface area contributed by atoms with Crippen LogP contribution in [0.1, 0.15) is 24.9 Å². The van der Waals surface area contributed by atoms with Crippen LogP contribution in [0.5, 0.6) is 0 Å². The minimum atomic E-state index is -0.539. The summed E-state index contributed by atoms with van der Waals surface area (Å²) in [6.07, 6.45) is 0.408. The first-order valence-electron chi connectivity index (χ1n) is 6.72. The second-order valence-electron chi connectivity index (χ2n) is 5.01. The Morgan fingerprint density at radius 1 is 1.50 bits per heavy atom. The molecule has 1 aromatic rings. The maximum atomic E-state index is 13.5. The van der Waals surface area contributed by atoms with Gasteiger partial charge in [-0.3, -0.25) is 4.79 Å². The van der Waals surface area contributed by atoms with Crippen molar-refractivity contribution < 1.29 is 9.18 Å². The molecule has 1 fully saturated rings. The number of nitrogens with one attached hydrogen (secondary N) is 2. The van der Waals surface area contributed by atoms with Gasteiger partial charge in [-0.05, 0) is 24.6 Å². The summed E-state index contributed by atoms with van der Waals surface area (Å²) < 4.78 is 13.5. The predicted molar refractivity (Wildman–Crippen MR) is 94.0 cm³/mol. The Morgan fingerprint density at radius 3 is 2.86 bits per heavy atom. The standard InChI is InChI=1S/C14H17Cl2FN2OS.ClH/c1-8(10-5-13(17)12(16)6-11(10)15)19-14(20)4-9-7-21-3-2-18-9;/h5-6,8-9,18H,2-4,7H2,1H3,(H,19,20);1H. The van der Waals surface area contributed by atoms with Crippen LogP contribution in [-0.2, 0) is 4.79 Å². The maximum Gasteiger partial charge on any atom is 0.222 e. The van der Waals surface area contributed by atoms with Crippen molar-refractivity contribution in [1.29, 1.82) is 0 Å². The summed E-state index contributed by atoms with van der Waals surface area (Å²) in [6.45, 7) is 2.70. The fourth-order valence-corrected chi connectivity index (χ4v) is 3.72. The van der Waals surface area contributed by atoms with Gasteiger partial charge in [0.25, 0.3) is 0 Å². The molecule has 2 unspecified atom stereocenters. The lowest BCUT2D eigenvalue weighted by Gasteiger charge is -2.23. The van der Waals surface area contributed by atoms with Crippen molar-refractivity contribution in [1.82, 2.24) is 10.6 Å². The van der Waals surface area contributed by atoms with Gasteiger partial charge in [0, 0.05) is 35.5 Å². The molecule has 1 amide bonds. The number of hydrogen-bond donors (Lipinski definition) is 2. The van der Waals surface area contributed by atoms with Crippen molar-refractivity contribution in [2.24, 2.45) is 0 Å². The molecule has 0 bridgehead atoms. The van der Waals surface area contributed by atoms with Crippen LogP contribution in [0.3, 0.4) is 0 Å². The van der Waals surface area contributed by atoms with Crippen LogP contribution in [0, 0.1) is 5.82 Å². The van der Waals surface area contributed by atoms with Gasteiger partial charge in [-0.25, -0.2) is 4.39 Å². The molecule has 1 heterocycles. The van der Waals surface area contributed by atoms with Crippen LogP contribution in [0.15, 0.2) is 12.1 Å². The first-order chi connectivity index (χ1) is 9.97. The zero-order chi connectivity index (χ0) is 15.4. The molecule has 2 N–H and O–H groups in total. The van der Waals surface area contributed by atoms with E-state index in [2.05, 4.69) is 10.6 Å². The molecule has 1 saturated heterocycles. The molecule has 0 saturated carbocycles. The van der Waals surface area contributed by atoms with E-state index in [0.29, 0.717) is 17.0 Å². The van der Waals surface area contributed by atoms with Crippen molar-refractivity contribution >= 4 is 53.3 Å². The highest BCUT2D eigenvalue weighted by Crippen LogP contribution is 2.28. The fourth-order valence-electron chi connectivity index (χ4n) is 2.22. The van der Waals surface area contributed by atoms with E-state index in [4.69, 9.17) is 23.2 Å². The van der Waals surface area contributed by atoms with Gasteiger partial charge in [0.05, 0.1) is 11.1 Å². The topological polar surface area (TPSA) is 41.1 Å². The number of carbonyl (C=O) groups excluding carboxylic acids is 1. The summed E-state index contributed by atoms with van der Waals surface area (Å²) in [4.78, 5) is 12.0. The quantitative estimate of drug-likeness (QED) is 0.772. The third-order valence-electron chi connectivity index (χ3n) is 3.31. The first-order valence-corrected chi connectivity index (χ1v) is 8.63. The second kappa shape index (κ2) is 9.18. The van der Waals surface area contributed by atoms with Crippen LogP contribution >= 0.6 is 47.4 Å². The molecule has 0 spiro atoms. The molecular formula is C14H18Cl3FN2OS. The van der Waals surface area contributed by atoms with Crippen LogP contribution in [0.4, 0.5) is 4.39 Å². The molecule has 8 heteroatoms. The highest BCUT2D eigenvalue weighted by molar-refractivity contribution is 7.99. The molecule has 1 aromatic carbocycles. The van der Waals surface area contributed by atoms with E-state index in [1.165, 1.54) is 12.1 Å². The molecule has 1 aliphatic rings. The Hall–Kier alpha value is -0.200. The first kappa shape index (κ1) is 19.8. The molecule has 0 radical (unpaired) electrons. The molecule has 0 aromatic heterocycles. The van der Waals surface area contributed by atoms with E-state index in [-0.39, 0.29) is 35.4 Å². The van der Waals surface area contributed by atoms with Gasteiger partial charge in [-0.15, -0.1) is 12.4 Å². The zero-order valence-corrected chi connectivity index (χ0v) is 15.1. The molecule has 3 nitrogen and oxygen atoms in total. The van der Waals surface area contributed by atoms with E-state index >= 15 is 0 Å². The number of benzene rings is 1. The summed E-state index contributed by atoms with van der Waals surface area (Å²) in [7, 11) is 0. The van der Waals surface area contributed by atoms with Gasteiger partial charge in [-0.1, -0.05) is 23.2 Å². The number of amides is 1. The van der Waals surface area contributed by atoms with Crippen LogP contribution in [0.2, 0.25) is 10.0 Å². The van der Waals surface area contributed by atoms with Crippen LogP contribution < -0.4 is 10.6 Å². The maximum absolute atomic E-state index is 13.5. The zero-order valence-electron chi connectivity index (χ0n) is 12.0. The summed E-state index contributed by atoms with van der Waals surface area (Å²) in [6, 6.07) is 2.45. The lowest BCUT2D eigenvalue weighted by atomic mass is 10.1. The Labute approximate surface area is 150 Å². The minimum absolute atomic E-state index is 0. The van der Waals surface area contributed by atoms with E-state index < -0.39 is 5.82 Å². The Bertz CT molecular complexity index is 527. The number of carbonyl (C=O) groups is 1. The van der Waals surface area contributed by atoms with Gasteiger partial charge >= 0.3 is 0 Å². The van der Waals surface area contributed by atoms with Crippen molar-refractivity contribution in [3.05, 3.63) is 33.6 Å². The Kier molecular flexibility index (Phi) is 8.28. The van der Waals surface area contributed by atoms with Crippen molar-refractivity contribution in [2.75, 3.05) is 18.1 Å². The van der Waals surface area contributed by atoms with Gasteiger partial charge < -0.3 is 10.6 Å². The van der Waals surface area contributed by atoms with E-state index in [9.17, 15) is 9.18 Å². The average Bonchev–Trinajstić information content (AvgIpc) is 2.43. The summed E-state index contributed by atoms with van der Waals surface area (Å²) in [5.41, 5.74) is 0.526. The summed E-state index contributed by atoms with van der Waals surface area (Å²) in [5.74, 6) is 1.39. The monoisotopic (exact) mass is 386 g/mol. The minimum Gasteiger partial charge on any atom is -0.349 e. The molecular weight excluding hydrogens is 370 g/mol. The Morgan fingerprint density at radius 2 is 2.23 bits per heavy atom. The summed E-state index contributed by atoms with van der Waals surface area (Å²) >= 11 is 13.6. The third kappa shape index (κ3) is 5.46. The molecule has 2 rings (SSSR count). The average molecular weight is 388 g/mol. The lowest BCUT2D eigenvalue weighted by Crippen LogP contribution is -2.41. The SMILES string of the molecule is CC(NC(=O)CC1CSCCN1)c1cc(F)c(Cl)cc1Cl.Cl. The lowest BCUT2D eigenvalue weighted by molar-refractivity contribution is -0.122. The molecule has 124 valence electrons. The van der Waals surface area contributed by atoms with Gasteiger partial charge in [0.2, 0.25) is 5.91 Å². The van der Waals surface area contributed by atoms with E-state index in [1.54, 1.807) is 6.92 Å². The number of rotatable bonds is 4. The molecule has 22 heavy (non-hydrogen) atoms. The number of halogens is 4. The smallest absolute Gasteiger partial charge is 0.222 e. The van der Waals surface area contributed by atoms with Gasteiger partial charge in [0.15, 0.2) is 0 Å². The molecule has 1 aliphatic heterocycles. The molecule has 0 aliphatic carbocycles. The second-order valence-corrected chi connectivity index (χ2v) is 6.97. The number of hydrogen-bond acceptors (Lipinski definition) is 3. The van der Waals surface area contributed by atoms with Crippen molar-refractivity contribution in [3.8, 4) is 0 Å². The number of thioether (sulfide) groups is 1. The predicted octanol–water partition coefficient (Wildman–Crippen LogP) is 3.83. The Balaban J connectivity index is 0.00000242. The van der Waals surface area contributed by atoms with Crippen LogP contribution in [0.25, 0.3) is 0 Å². The fraction of sp³-hybridized carbons (Fsp3) is 0.500.